The number of amides is 2. The average molecular weight is 2040 g/mol. The quantitative estimate of drug-likeness (QED) is 0.0127. The standard InChI is InChI=1S/C36H46N4O13S3.C22H24N2O5S.C22H31NO5S.CH3F.2CO2.2O3S.O2S/c1-6-16-39-27-22-23(32(41)37-14-19-55(48,49)50)21-25(33(42)38-15-20-56(51,52)53)31(27)36(4,5)28(39)12-8-13-29-35(2,3)30-24(34(43)44)10-7-11-26(30)40(29)17-9-18-54(45,46)47;1-22(2)19(12-13-23-16-8-4-3-5-9-16)24(14-7-15-30(27,28)29)18-11-6-10-17(20(18)22)21(25)26;1-6-9-19(24)16-13-17(20(25)10-7-2)21-18(14-16)23(15(3)22(21,4)5)11-8-12-29(26,27)28;1-2;2*2-1-3;2*1-4(2)3;1-3-2/h7-8,10-13,21-22H,6,9,14-20H2,1-5H3,(H5-,37,38,41,42,43,44,45,46,47,48,49,50,51,52,53);3-6,8-13H,7,14-15H2,1-2H3,(H2,25,26,27,28,29);13-14H,6-12H2,1-5H3;1H3;;;;;/i;;;1D;;;;;. The molecular formula is C83H104FN7O35S8. The Kier molecular flexibility index (Phi) is 47.9. The highest BCUT2D eigenvalue weighted by atomic mass is 32.2. The Labute approximate surface area is 782 Å². The van der Waals surface area contributed by atoms with E-state index >= 15 is 0 Å². The van der Waals surface area contributed by atoms with Gasteiger partial charge in [0.1, 0.15) is 19.6 Å². The number of halogens is 1. The molecule has 0 spiro atoms. The highest BCUT2D eigenvalue weighted by molar-refractivity contribution is 7.86. The topological polar surface area (TPSA) is 676 Å². The summed E-state index contributed by atoms with van der Waals surface area (Å²) in [6.07, 6.45) is 12.6. The normalized spacial score (nSPS) is 14.6. The molecule has 0 radical (unpaired) electrons. The number of anilines is 2. The maximum Gasteiger partial charge on any atom is 0.425 e. The van der Waals surface area contributed by atoms with Crippen LogP contribution in [0.4, 0.5) is 32.8 Å². The second-order valence-corrected chi connectivity index (χ2v) is 39.6. The van der Waals surface area contributed by atoms with Crippen LogP contribution in [0.25, 0.3) is 0 Å². The first-order valence-electron chi connectivity index (χ1n) is 40.5. The average Bonchev–Trinajstić information content (AvgIpc) is 1.59. The highest BCUT2D eigenvalue weighted by Gasteiger charge is 2.51. The molecule has 51 heteroatoms. The number of hydrogen-bond acceptors (Lipinski definition) is 33. The van der Waals surface area contributed by atoms with E-state index in [9.17, 15) is 104 Å². The van der Waals surface area contributed by atoms with E-state index in [-0.39, 0.29) is 78.5 Å². The smallest absolute Gasteiger partial charge is 0.425 e. The molecule has 9 rings (SSSR count). The molecule has 0 aliphatic carbocycles. The second kappa shape index (κ2) is 54.1. The Balaban J connectivity index is 0.000000973. The van der Waals surface area contributed by atoms with Gasteiger partial charge in [-0.3, -0.25) is 32.7 Å². The third kappa shape index (κ3) is 36.7. The molecule has 0 saturated carbocycles. The van der Waals surface area contributed by atoms with Crippen molar-refractivity contribution >= 4 is 177 Å². The lowest BCUT2D eigenvalue weighted by Crippen LogP contribution is -2.32. The first-order chi connectivity index (χ1) is 62.5. The summed E-state index contributed by atoms with van der Waals surface area (Å²) < 4.78 is 253. The molecule has 42 nitrogen and oxygen atoms in total. The summed E-state index contributed by atoms with van der Waals surface area (Å²) in [5, 5.41) is 27.8. The predicted octanol–water partition coefficient (Wildman–Crippen LogP) is 6.63. The number of alkyl halides is 1. The van der Waals surface area contributed by atoms with Crippen LogP contribution in [-0.4, -0.2) is 262 Å². The Hall–Kier alpha value is -11.5. The van der Waals surface area contributed by atoms with E-state index in [1.165, 1.54) is 12.1 Å². The number of benzene rings is 5. The number of carboxylic acids is 2. The van der Waals surface area contributed by atoms with Gasteiger partial charge >= 0.3 is 57.0 Å². The molecule has 5 aromatic rings. The summed E-state index contributed by atoms with van der Waals surface area (Å²) in [6, 6.07) is 25.8. The minimum absolute atomic E-state index is 0.00899. The lowest BCUT2D eigenvalue weighted by Gasteiger charge is -2.27. The van der Waals surface area contributed by atoms with Gasteiger partial charge in [0.15, 0.2) is 28.7 Å². The largest absolute Gasteiger partial charge is 0.748 e. The van der Waals surface area contributed by atoms with Crippen molar-refractivity contribution in [2.75, 3.05) is 85.4 Å². The number of para-hydroxylation sites is 1. The minimum atomic E-state index is -4.52. The second-order valence-electron chi connectivity index (χ2n) is 31.0. The van der Waals surface area contributed by atoms with Crippen LogP contribution in [-0.2, 0) is 124 Å². The molecule has 5 aromatic carbocycles. The van der Waals surface area contributed by atoms with Crippen LogP contribution in [0.1, 0.15) is 220 Å². The number of carbonyl (C=O) groups is 6. The lowest BCUT2D eigenvalue weighted by molar-refractivity contribution is -0.438. The first-order valence-corrected chi connectivity index (χ1v) is 50.4. The van der Waals surface area contributed by atoms with Crippen molar-refractivity contribution in [3.8, 4) is 0 Å². The fourth-order valence-electron chi connectivity index (χ4n) is 15.2. The minimum Gasteiger partial charge on any atom is -0.748 e. The van der Waals surface area contributed by atoms with Crippen LogP contribution in [0, 0.1) is 0 Å². The maximum atomic E-state index is 13.7. The van der Waals surface area contributed by atoms with Crippen LogP contribution in [0.15, 0.2) is 127 Å². The summed E-state index contributed by atoms with van der Waals surface area (Å²) in [7, 11) is -29.2. The number of carbonyl (C=O) groups excluding carboxylic acids is 8. The van der Waals surface area contributed by atoms with E-state index in [2.05, 4.69) is 16.0 Å². The van der Waals surface area contributed by atoms with Crippen LogP contribution in [0.5, 0.6) is 0 Å². The third-order valence-corrected chi connectivity index (χ3v) is 24.3. The summed E-state index contributed by atoms with van der Waals surface area (Å²) in [6.45, 7) is 23.3. The number of ketones is 2. The van der Waals surface area contributed by atoms with Crippen LogP contribution >= 0.6 is 0 Å². The zero-order chi connectivity index (χ0) is 104. The summed E-state index contributed by atoms with van der Waals surface area (Å²) >= 11 is -0.750. The molecule has 0 aromatic heterocycles. The van der Waals surface area contributed by atoms with Gasteiger partial charge in [-0.15, -0.1) is 25.3 Å². The van der Waals surface area contributed by atoms with Gasteiger partial charge in [-0.05, 0) is 109 Å². The fraction of sp³-hybridized carbons (Fsp3) is 0.434. The molecule has 0 saturated heterocycles. The molecule has 736 valence electrons. The van der Waals surface area contributed by atoms with Crippen molar-refractivity contribution in [3.05, 3.63) is 183 Å². The van der Waals surface area contributed by atoms with E-state index in [1.807, 2.05) is 146 Å². The molecule has 134 heavy (non-hydrogen) atoms. The number of Topliss-reactive ketones (excluding diaryl/α,β-unsaturated/α-hetero) is 2. The van der Waals surface area contributed by atoms with E-state index in [4.69, 9.17) is 58.8 Å². The summed E-state index contributed by atoms with van der Waals surface area (Å²) in [5.74, 6) is -6.72. The predicted molar refractivity (Wildman–Crippen MR) is 480 cm³/mol. The van der Waals surface area contributed by atoms with Crippen LogP contribution in [0.2, 0.25) is 0 Å². The Bertz CT molecular complexity index is 6300. The van der Waals surface area contributed by atoms with E-state index in [1.54, 1.807) is 65.4 Å². The number of fused-ring (bicyclic) bond motifs is 4. The van der Waals surface area contributed by atoms with Gasteiger partial charge < -0.3 is 44.7 Å². The molecule has 4 aliphatic heterocycles. The number of aromatic carboxylic acids is 2. The SMILES string of the molecule is CC1(C)C(/C=C/Nc2ccccc2)=[N+](CCCS(=O)(=O)[O-])c2cccc(C(=O)O)c21.CCCC(=O)c1cc(C(=O)CCC)c2c(c1)[N+](CCCS(=O)(=O)[O-])=C(C)C2(C)C.CCCN1/C(=C/C=C/C2=[N+](CCCS(=O)(=O)[O-])c3cccc(C(=O)O)c3C2(C)C)C(C)(C)c2c(C(=O)NCCS(=O)(=O)O)cc(C(=O)NCCS(=O)(=O)O)cc21.O=C=O.O=C=O.O=S(=O)=O.O=S(=O)=O.O=S=O.[2H]CF. The Morgan fingerprint density at radius 3 is 1.30 bits per heavy atom. The van der Waals surface area contributed by atoms with Gasteiger partial charge in [-0.25, -0.2) is 34.8 Å². The first kappa shape index (κ1) is 119. The van der Waals surface area contributed by atoms with Gasteiger partial charge in [0, 0.05) is 163 Å². The molecule has 0 fully saturated rings. The maximum absolute atomic E-state index is 13.7. The monoisotopic (exact) mass is 2030 g/mol. The molecule has 4 heterocycles. The Morgan fingerprint density at radius 2 is 0.903 bits per heavy atom. The number of nitrogens with zero attached hydrogens (tertiary/aromatic N) is 4. The summed E-state index contributed by atoms with van der Waals surface area (Å²) in [4.78, 5) is 111. The molecule has 2 amide bonds. The molecule has 0 unspecified atom stereocenters. The van der Waals surface area contributed by atoms with Crippen molar-refractivity contribution in [3.63, 3.8) is 0 Å². The van der Waals surface area contributed by atoms with Gasteiger partial charge in [0.2, 0.25) is 17.1 Å². The molecule has 4 aliphatic rings. The zero-order valence-corrected chi connectivity index (χ0v) is 81.1. The third-order valence-electron chi connectivity index (χ3n) is 20.5. The molecular weight excluding hydrogens is 1930 g/mol. The van der Waals surface area contributed by atoms with Crippen molar-refractivity contribution < 1.29 is 176 Å². The summed E-state index contributed by atoms with van der Waals surface area (Å²) in [5.41, 5.74) is 7.49. The fourth-order valence-corrected chi connectivity index (χ4v) is 17.4. The van der Waals surface area contributed by atoms with E-state index in [0.29, 0.717) is 88.6 Å². The van der Waals surface area contributed by atoms with Gasteiger partial charge in [0.25, 0.3) is 32.1 Å². The molecule has 0 atom stereocenters. The van der Waals surface area contributed by atoms with Crippen molar-refractivity contribution in [1.82, 2.24) is 10.6 Å². The van der Waals surface area contributed by atoms with Crippen LogP contribution in [0.3, 0.4) is 0 Å². The van der Waals surface area contributed by atoms with Crippen LogP contribution < -0.4 is 20.9 Å². The van der Waals surface area contributed by atoms with Crippen molar-refractivity contribution in [1.29, 1.82) is 0 Å². The van der Waals surface area contributed by atoms with Gasteiger partial charge in [-0.2, -0.15) is 58.2 Å². The Morgan fingerprint density at radius 1 is 0.515 bits per heavy atom. The van der Waals surface area contributed by atoms with E-state index in [0.717, 1.165) is 41.2 Å². The number of hydrogen-bond donors (Lipinski definition) is 7. The zero-order valence-electron chi connectivity index (χ0n) is 75.6. The lowest BCUT2D eigenvalue weighted by atomic mass is 9.77. The highest BCUT2D eigenvalue weighted by Crippen LogP contribution is 2.51. The number of allylic oxidation sites excluding steroid dienone is 5. The van der Waals surface area contributed by atoms with E-state index < -0.39 is 178 Å². The molecule has 7 N–H and O–H groups in total. The number of carboxylic acid groups (broad SMARTS) is 2. The van der Waals surface area contributed by atoms with Gasteiger partial charge in [-0.1, -0.05) is 71.0 Å². The van der Waals surface area contributed by atoms with Crippen molar-refractivity contribution in [2.24, 2.45) is 0 Å². The van der Waals surface area contributed by atoms with Crippen molar-refractivity contribution in [2.45, 2.75) is 156 Å². The number of rotatable bonds is 35. The number of nitrogens with one attached hydrogen (secondary N) is 3. The molecule has 0 bridgehead atoms. The van der Waals surface area contributed by atoms with Gasteiger partial charge in [0.05, 0.1) is 94.4 Å².